The number of rotatable bonds is 7. The number of para-hydroxylation sites is 1. The van der Waals surface area contributed by atoms with E-state index < -0.39 is 29.6 Å². The molecular weight excluding hydrogens is 418 g/mol. The standard InChI is InChI=1S/C22H17N3O3S2/c1-29-11-10-17(25-21(27)13-6-2-3-7-14(13)22(25)28)19(26)15(12-23)20-24-16-8-4-5-9-18(16)30-20/h2-9,15,17H,10-11H2,1H3. The van der Waals surface area contributed by atoms with Crippen molar-refractivity contribution < 1.29 is 14.4 Å². The van der Waals surface area contributed by atoms with E-state index in [1.807, 2.05) is 30.5 Å². The number of hydrogen-bond donors (Lipinski definition) is 0. The molecule has 3 aromatic rings. The molecule has 2 atom stereocenters. The maximum Gasteiger partial charge on any atom is 0.262 e. The number of nitriles is 1. The number of carbonyl (C=O) groups is 3. The van der Waals surface area contributed by atoms with Crippen molar-refractivity contribution in [2.75, 3.05) is 12.0 Å². The van der Waals surface area contributed by atoms with E-state index in [9.17, 15) is 19.6 Å². The van der Waals surface area contributed by atoms with E-state index in [1.165, 1.54) is 23.1 Å². The molecule has 150 valence electrons. The molecule has 1 aliphatic rings. The fourth-order valence-electron chi connectivity index (χ4n) is 3.57. The fourth-order valence-corrected chi connectivity index (χ4v) is 5.05. The minimum atomic E-state index is -1.14. The van der Waals surface area contributed by atoms with Gasteiger partial charge in [-0.05, 0) is 42.7 Å². The smallest absolute Gasteiger partial charge is 0.262 e. The van der Waals surface area contributed by atoms with E-state index in [0.717, 1.165) is 9.60 Å². The van der Waals surface area contributed by atoms with Gasteiger partial charge in [0.2, 0.25) is 0 Å². The van der Waals surface area contributed by atoms with Crippen LogP contribution in [0.15, 0.2) is 48.5 Å². The van der Waals surface area contributed by atoms with Crippen molar-refractivity contribution in [1.82, 2.24) is 9.88 Å². The van der Waals surface area contributed by atoms with Gasteiger partial charge < -0.3 is 0 Å². The van der Waals surface area contributed by atoms with E-state index >= 15 is 0 Å². The highest BCUT2D eigenvalue weighted by Crippen LogP contribution is 2.32. The second kappa shape index (κ2) is 8.38. The summed E-state index contributed by atoms with van der Waals surface area (Å²) in [5.41, 5.74) is 1.29. The van der Waals surface area contributed by atoms with Crippen molar-refractivity contribution in [3.05, 3.63) is 64.7 Å². The van der Waals surface area contributed by atoms with E-state index in [2.05, 4.69) is 11.1 Å². The predicted octanol–water partition coefficient (Wildman–Crippen LogP) is 3.89. The molecule has 0 spiro atoms. The van der Waals surface area contributed by atoms with Gasteiger partial charge in [0.15, 0.2) is 11.7 Å². The lowest BCUT2D eigenvalue weighted by molar-refractivity contribution is -0.123. The average molecular weight is 436 g/mol. The molecule has 1 aliphatic heterocycles. The Morgan fingerprint density at radius 3 is 2.37 bits per heavy atom. The van der Waals surface area contributed by atoms with Gasteiger partial charge in [-0.2, -0.15) is 17.0 Å². The van der Waals surface area contributed by atoms with Gasteiger partial charge >= 0.3 is 0 Å². The van der Waals surface area contributed by atoms with Crippen molar-refractivity contribution in [1.29, 1.82) is 5.26 Å². The Morgan fingerprint density at radius 1 is 1.13 bits per heavy atom. The van der Waals surface area contributed by atoms with Crippen LogP contribution in [-0.4, -0.2) is 45.5 Å². The molecule has 4 rings (SSSR count). The zero-order chi connectivity index (χ0) is 21.3. The number of ketones is 1. The van der Waals surface area contributed by atoms with Crippen LogP contribution in [0.1, 0.15) is 38.1 Å². The molecule has 0 aliphatic carbocycles. The van der Waals surface area contributed by atoms with Crippen LogP contribution in [0.5, 0.6) is 0 Å². The molecule has 0 saturated heterocycles. The number of thioether (sulfide) groups is 1. The number of carbonyl (C=O) groups excluding carboxylic acids is 3. The summed E-state index contributed by atoms with van der Waals surface area (Å²) in [4.78, 5) is 44.9. The minimum Gasteiger partial charge on any atom is -0.295 e. The van der Waals surface area contributed by atoms with E-state index in [4.69, 9.17) is 0 Å². The van der Waals surface area contributed by atoms with Crippen LogP contribution in [0, 0.1) is 11.3 Å². The van der Waals surface area contributed by atoms with Crippen LogP contribution < -0.4 is 0 Å². The topological polar surface area (TPSA) is 91.1 Å². The molecule has 0 saturated carbocycles. The Labute approximate surface area is 181 Å². The summed E-state index contributed by atoms with van der Waals surface area (Å²) in [6, 6.07) is 15.0. The SMILES string of the molecule is CSCCC(C(=O)C(C#N)c1nc2ccccc2s1)N1C(=O)c2ccccc2C1=O. The van der Waals surface area contributed by atoms with Crippen LogP contribution in [0.3, 0.4) is 0 Å². The van der Waals surface area contributed by atoms with Crippen LogP contribution in [0.25, 0.3) is 10.2 Å². The first-order chi connectivity index (χ1) is 14.6. The Morgan fingerprint density at radius 2 is 1.77 bits per heavy atom. The Bertz CT molecular complexity index is 1130. The molecule has 6 nitrogen and oxygen atoms in total. The molecule has 0 fully saturated rings. The number of aromatic nitrogens is 1. The van der Waals surface area contributed by atoms with E-state index in [-0.39, 0.29) is 17.5 Å². The van der Waals surface area contributed by atoms with Crippen LogP contribution in [-0.2, 0) is 4.79 Å². The number of Topliss-reactive ketones (excluding diaryl/α,β-unsaturated/α-hetero) is 1. The monoisotopic (exact) mass is 435 g/mol. The highest BCUT2D eigenvalue weighted by Gasteiger charge is 2.44. The predicted molar refractivity (Wildman–Crippen MR) is 117 cm³/mol. The fraction of sp³-hybridized carbons (Fsp3) is 0.227. The van der Waals surface area contributed by atoms with Crippen molar-refractivity contribution in [2.45, 2.75) is 18.4 Å². The van der Waals surface area contributed by atoms with E-state index in [1.54, 1.807) is 24.3 Å². The van der Waals surface area contributed by atoms with Crippen LogP contribution in [0.2, 0.25) is 0 Å². The number of benzene rings is 2. The minimum absolute atomic E-state index is 0.286. The number of nitrogens with zero attached hydrogens (tertiary/aromatic N) is 3. The van der Waals surface area contributed by atoms with Gasteiger partial charge in [-0.1, -0.05) is 24.3 Å². The summed E-state index contributed by atoms with van der Waals surface area (Å²) in [5, 5.41) is 10.2. The Balaban J connectivity index is 1.71. The number of hydrogen-bond acceptors (Lipinski definition) is 7. The second-order valence-corrected chi connectivity index (χ2v) is 8.86. The van der Waals surface area contributed by atoms with Gasteiger partial charge in [0.05, 0.1) is 27.4 Å². The highest BCUT2D eigenvalue weighted by molar-refractivity contribution is 7.98. The molecule has 2 aromatic carbocycles. The normalized spacial score (nSPS) is 15.1. The molecule has 2 unspecified atom stereocenters. The summed E-state index contributed by atoms with van der Waals surface area (Å²) < 4.78 is 0.877. The average Bonchev–Trinajstić information content (AvgIpc) is 3.29. The van der Waals surface area contributed by atoms with Gasteiger partial charge in [-0.15, -0.1) is 11.3 Å². The lowest BCUT2D eigenvalue weighted by atomic mass is 9.96. The lowest BCUT2D eigenvalue weighted by Crippen LogP contribution is -2.46. The third-order valence-corrected chi connectivity index (χ3v) is 6.78. The van der Waals surface area contributed by atoms with Gasteiger partial charge in [0.1, 0.15) is 11.0 Å². The van der Waals surface area contributed by atoms with Gasteiger partial charge in [-0.25, -0.2) is 4.98 Å². The zero-order valence-electron chi connectivity index (χ0n) is 16.1. The first-order valence-electron chi connectivity index (χ1n) is 9.31. The van der Waals surface area contributed by atoms with Crippen molar-refractivity contribution in [2.24, 2.45) is 0 Å². The summed E-state index contributed by atoms with van der Waals surface area (Å²) in [6.45, 7) is 0. The van der Waals surface area contributed by atoms with Crippen molar-refractivity contribution >= 4 is 50.9 Å². The zero-order valence-corrected chi connectivity index (χ0v) is 17.7. The first kappa shape index (κ1) is 20.3. The van der Waals surface area contributed by atoms with Crippen molar-refractivity contribution in [3.8, 4) is 6.07 Å². The summed E-state index contributed by atoms with van der Waals surface area (Å²) in [5.74, 6) is -2.02. The molecule has 30 heavy (non-hydrogen) atoms. The Hall–Kier alpha value is -3.02. The van der Waals surface area contributed by atoms with Gasteiger partial charge in [0, 0.05) is 0 Å². The maximum atomic E-state index is 13.5. The molecule has 2 amide bonds. The Kier molecular flexibility index (Phi) is 5.66. The second-order valence-electron chi connectivity index (χ2n) is 6.81. The highest BCUT2D eigenvalue weighted by atomic mass is 32.2. The molecule has 0 N–H and O–H groups in total. The molecule has 0 radical (unpaired) electrons. The summed E-state index contributed by atoms with van der Waals surface area (Å²) >= 11 is 2.80. The van der Waals surface area contributed by atoms with E-state index in [0.29, 0.717) is 16.3 Å². The quantitative estimate of drug-likeness (QED) is 0.523. The number of amides is 2. The largest absolute Gasteiger partial charge is 0.295 e. The maximum absolute atomic E-state index is 13.5. The van der Waals surface area contributed by atoms with Gasteiger partial charge in [0.25, 0.3) is 11.8 Å². The van der Waals surface area contributed by atoms with Crippen molar-refractivity contribution in [3.63, 3.8) is 0 Å². The van der Waals surface area contributed by atoms with Crippen LogP contribution in [0.4, 0.5) is 0 Å². The molecular formula is C22H17N3O3S2. The summed E-state index contributed by atoms with van der Waals surface area (Å²) in [6.07, 6.45) is 2.17. The molecule has 8 heteroatoms. The molecule has 0 bridgehead atoms. The first-order valence-corrected chi connectivity index (χ1v) is 11.5. The number of thiazole rings is 1. The summed E-state index contributed by atoms with van der Waals surface area (Å²) in [7, 11) is 0. The number of fused-ring (bicyclic) bond motifs is 2. The number of imide groups is 1. The molecule has 2 heterocycles. The lowest BCUT2D eigenvalue weighted by Gasteiger charge is -2.26. The van der Waals surface area contributed by atoms with Crippen LogP contribution >= 0.6 is 23.1 Å². The van der Waals surface area contributed by atoms with Gasteiger partial charge in [-0.3, -0.25) is 19.3 Å². The third kappa shape index (κ3) is 3.40. The third-order valence-electron chi connectivity index (χ3n) is 5.03. The molecule has 1 aromatic heterocycles.